The zero-order valence-electron chi connectivity index (χ0n) is 11.9. The molecule has 2 aromatic carbocycles. The number of carboxylic acid groups (broad SMARTS) is 2. The molecule has 8 nitrogen and oxygen atoms in total. The smallest absolute Gasteiger partial charge is 0.335 e. The molecule has 0 aliphatic carbocycles. The van der Waals surface area contributed by atoms with E-state index in [1.807, 2.05) is 0 Å². The van der Waals surface area contributed by atoms with E-state index < -0.39 is 23.1 Å². The van der Waals surface area contributed by atoms with E-state index in [0.717, 1.165) is 12.1 Å². The largest absolute Gasteiger partial charge is 0.478 e. The standard InChI is InChI=1S/C16H9NO7/c18-13-11-5-7(15(20)21)1-3-9(11)10-4-2-8(16(22)23)6-12(10)14(19)17(13)24/h1-6,24H,(H,20,21)(H,22,23). The monoisotopic (exact) mass is 327 g/mol. The highest BCUT2D eigenvalue weighted by atomic mass is 16.5. The number of carboxylic acids is 2. The van der Waals surface area contributed by atoms with E-state index in [4.69, 9.17) is 10.2 Å². The normalized spacial score (nSPS) is 10.8. The van der Waals surface area contributed by atoms with Crippen molar-refractivity contribution in [2.75, 3.05) is 0 Å². The van der Waals surface area contributed by atoms with Gasteiger partial charge >= 0.3 is 11.9 Å². The number of carbonyl (C=O) groups is 2. The summed E-state index contributed by atoms with van der Waals surface area (Å²) in [6.45, 7) is 0. The highest BCUT2D eigenvalue weighted by molar-refractivity contribution is 6.08. The first-order valence-corrected chi connectivity index (χ1v) is 6.64. The lowest BCUT2D eigenvalue weighted by atomic mass is 10.0. The Morgan fingerprint density at radius 2 is 1.08 bits per heavy atom. The van der Waals surface area contributed by atoms with Gasteiger partial charge in [-0.25, -0.2) is 9.59 Å². The van der Waals surface area contributed by atoms with Gasteiger partial charge in [-0.05, 0) is 35.0 Å². The molecule has 0 saturated heterocycles. The summed E-state index contributed by atoms with van der Waals surface area (Å²) in [6, 6.07) is 7.28. The Kier molecular flexibility index (Phi) is 3.30. The van der Waals surface area contributed by atoms with Crippen molar-refractivity contribution in [1.82, 2.24) is 4.73 Å². The number of nitrogens with zero attached hydrogens (tertiary/aromatic N) is 1. The molecular weight excluding hydrogens is 318 g/mol. The van der Waals surface area contributed by atoms with Crippen molar-refractivity contribution in [2.45, 2.75) is 0 Å². The molecule has 0 unspecified atom stereocenters. The zero-order chi connectivity index (χ0) is 17.6. The summed E-state index contributed by atoms with van der Waals surface area (Å²) in [5, 5.41) is 28.0. The SMILES string of the molecule is O=C(O)c1ccc2c(c1)c(=O)n(O)c(=O)c1cc(C(=O)O)ccc12. The van der Waals surface area contributed by atoms with Gasteiger partial charge in [0.05, 0.1) is 21.9 Å². The van der Waals surface area contributed by atoms with Crippen molar-refractivity contribution < 1.29 is 25.0 Å². The molecule has 0 atom stereocenters. The van der Waals surface area contributed by atoms with Gasteiger partial charge in [0.25, 0.3) is 11.1 Å². The summed E-state index contributed by atoms with van der Waals surface area (Å²) < 4.78 is -0.151. The highest BCUT2D eigenvalue weighted by Crippen LogP contribution is 2.22. The lowest BCUT2D eigenvalue weighted by Crippen LogP contribution is -2.28. The Labute approximate surface area is 132 Å². The lowest BCUT2D eigenvalue weighted by molar-refractivity contribution is 0.0686. The van der Waals surface area contributed by atoms with Crippen LogP contribution in [0.25, 0.3) is 21.5 Å². The molecule has 24 heavy (non-hydrogen) atoms. The van der Waals surface area contributed by atoms with Crippen molar-refractivity contribution >= 4 is 33.5 Å². The minimum absolute atomic E-state index is 0.151. The molecule has 0 bridgehead atoms. The number of hydrogen-bond donors (Lipinski definition) is 3. The van der Waals surface area contributed by atoms with Crippen molar-refractivity contribution in [2.24, 2.45) is 0 Å². The fourth-order valence-electron chi connectivity index (χ4n) is 2.50. The van der Waals surface area contributed by atoms with Gasteiger partial charge in [0.2, 0.25) is 0 Å². The highest BCUT2D eigenvalue weighted by Gasteiger charge is 2.14. The van der Waals surface area contributed by atoms with E-state index in [0.29, 0.717) is 0 Å². The number of aromatic carboxylic acids is 2. The van der Waals surface area contributed by atoms with Crippen molar-refractivity contribution in [3.63, 3.8) is 0 Å². The van der Waals surface area contributed by atoms with Gasteiger partial charge in [-0.1, -0.05) is 12.1 Å². The summed E-state index contributed by atoms with van der Waals surface area (Å²) in [6.07, 6.45) is 0. The minimum Gasteiger partial charge on any atom is -0.478 e. The maximum Gasteiger partial charge on any atom is 0.335 e. The Hall–Kier alpha value is -3.68. The first-order chi connectivity index (χ1) is 11.3. The molecule has 0 radical (unpaired) electrons. The van der Waals surface area contributed by atoms with E-state index in [1.54, 1.807) is 0 Å². The molecule has 1 aromatic heterocycles. The number of benzene rings is 2. The van der Waals surface area contributed by atoms with Crippen LogP contribution in [0.2, 0.25) is 0 Å². The zero-order valence-corrected chi connectivity index (χ0v) is 11.9. The van der Waals surface area contributed by atoms with Crippen LogP contribution in [-0.2, 0) is 0 Å². The van der Waals surface area contributed by atoms with Gasteiger partial charge in [0.1, 0.15) is 0 Å². The average molecular weight is 327 g/mol. The van der Waals surface area contributed by atoms with Gasteiger partial charge in [-0.3, -0.25) is 9.59 Å². The van der Waals surface area contributed by atoms with E-state index >= 15 is 0 Å². The third kappa shape index (κ3) is 2.17. The van der Waals surface area contributed by atoms with Crippen LogP contribution < -0.4 is 11.1 Å². The minimum atomic E-state index is -1.27. The predicted molar refractivity (Wildman–Crippen MR) is 83.1 cm³/mol. The molecule has 0 saturated carbocycles. The molecule has 3 aromatic rings. The number of rotatable bonds is 2. The maximum atomic E-state index is 12.3. The molecule has 3 rings (SSSR count). The van der Waals surface area contributed by atoms with E-state index in [9.17, 15) is 24.4 Å². The second-order valence-corrected chi connectivity index (χ2v) is 5.05. The van der Waals surface area contributed by atoms with Gasteiger partial charge in [0.15, 0.2) is 0 Å². The Balaban J connectivity index is 2.64. The van der Waals surface area contributed by atoms with Crippen LogP contribution in [0.15, 0.2) is 46.0 Å². The third-order valence-corrected chi connectivity index (χ3v) is 3.67. The second kappa shape index (κ2) is 5.20. The van der Waals surface area contributed by atoms with Crippen molar-refractivity contribution in [1.29, 1.82) is 0 Å². The molecule has 3 N–H and O–H groups in total. The number of fused-ring (bicyclic) bond motifs is 3. The Bertz CT molecular complexity index is 1070. The van der Waals surface area contributed by atoms with Gasteiger partial charge in [0, 0.05) is 0 Å². The van der Waals surface area contributed by atoms with E-state index in [2.05, 4.69) is 0 Å². The van der Waals surface area contributed by atoms with Gasteiger partial charge in [-0.15, -0.1) is 4.73 Å². The first kappa shape index (κ1) is 15.2. The molecule has 1 heterocycles. The molecule has 0 amide bonds. The molecule has 0 aliphatic heterocycles. The van der Waals surface area contributed by atoms with Crippen LogP contribution >= 0.6 is 0 Å². The van der Waals surface area contributed by atoms with Crippen LogP contribution in [0.4, 0.5) is 0 Å². The first-order valence-electron chi connectivity index (χ1n) is 6.64. The third-order valence-electron chi connectivity index (χ3n) is 3.67. The fraction of sp³-hybridized carbons (Fsp3) is 0. The number of aromatic nitrogens is 1. The van der Waals surface area contributed by atoms with E-state index in [-0.39, 0.29) is 37.4 Å². The summed E-state index contributed by atoms with van der Waals surface area (Å²) in [5.74, 6) is -2.54. The Morgan fingerprint density at radius 3 is 1.42 bits per heavy atom. The lowest BCUT2D eigenvalue weighted by Gasteiger charge is -2.00. The topological polar surface area (TPSA) is 134 Å². The Morgan fingerprint density at radius 1 is 0.708 bits per heavy atom. The van der Waals surface area contributed by atoms with Crippen LogP contribution in [0.3, 0.4) is 0 Å². The molecule has 0 aliphatic rings. The fourth-order valence-corrected chi connectivity index (χ4v) is 2.50. The summed E-state index contributed by atoms with van der Waals surface area (Å²) in [7, 11) is 0. The van der Waals surface area contributed by atoms with E-state index in [1.165, 1.54) is 24.3 Å². The van der Waals surface area contributed by atoms with Crippen LogP contribution in [-0.4, -0.2) is 32.1 Å². The quantitative estimate of drug-likeness (QED) is 0.601. The molecule has 8 heteroatoms. The molecular formula is C16H9NO7. The van der Waals surface area contributed by atoms with Gasteiger partial charge < -0.3 is 15.4 Å². The van der Waals surface area contributed by atoms with Crippen molar-refractivity contribution in [3.8, 4) is 0 Å². The van der Waals surface area contributed by atoms with Crippen molar-refractivity contribution in [3.05, 3.63) is 68.2 Å². The maximum absolute atomic E-state index is 12.3. The summed E-state index contributed by atoms with van der Waals surface area (Å²) >= 11 is 0. The van der Waals surface area contributed by atoms with Gasteiger partial charge in [-0.2, -0.15) is 0 Å². The second-order valence-electron chi connectivity index (χ2n) is 5.05. The van der Waals surface area contributed by atoms with Crippen LogP contribution in [0, 0.1) is 0 Å². The molecule has 0 spiro atoms. The number of hydrogen-bond acceptors (Lipinski definition) is 5. The van der Waals surface area contributed by atoms with Crippen LogP contribution in [0.1, 0.15) is 20.7 Å². The summed E-state index contributed by atoms with van der Waals surface area (Å²) in [5.41, 5.74) is -2.56. The molecule has 120 valence electrons. The summed E-state index contributed by atoms with van der Waals surface area (Å²) in [4.78, 5) is 46.7. The van der Waals surface area contributed by atoms with Crippen LogP contribution in [0.5, 0.6) is 0 Å². The molecule has 0 fully saturated rings. The average Bonchev–Trinajstić information content (AvgIpc) is 2.64. The predicted octanol–water partition coefficient (Wildman–Crippen LogP) is 1.15.